The lowest BCUT2D eigenvalue weighted by Gasteiger charge is -2.23. The molecule has 3 aromatic rings. The van der Waals surface area contributed by atoms with E-state index in [1.807, 2.05) is 25.3 Å². The van der Waals surface area contributed by atoms with Gasteiger partial charge in [-0.2, -0.15) is 0 Å². The number of halogens is 2. The van der Waals surface area contributed by atoms with Crippen LogP contribution in [0.15, 0.2) is 36.5 Å². The highest BCUT2D eigenvalue weighted by molar-refractivity contribution is 5.71. The lowest BCUT2D eigenvalue weighted by Crippen LogP contribution is -2.16. The molecule has 2 heterocycles. The van der Waals surface area contributed by atoms with Gasteiger partial charge in [0.15, 0.2) is 23.1 Å². The van der Waals surface area contributed by atoms with Crippen LogP contribution in [-0.2, 0) is 13.0 Å². The zero-order chi connectivity index (χ0) is 19.8. The average Bonchev–Trinajstić information content (AvgIpc) is 3.11. The molecule has 1 aromatic heterocycles. The Labute approximate surface area is 161 Å². The molecule has 1 unspecified atom stereocenters. The number of nitrogens with zero attached hydrogens (tertiary/aromatic N) is 2. The predicted molar refractivity (Wildman–Crippen MR) is 103 cm³/mol. The Morgan fingerprint density at radius 2 is 1.82 bits per heavy atom. The van der Waals surface area contributed by atoms with Crippen LogP contribution in [0.4, 0.5) is 14.7 Å². The zero-order valence-corrected chi connectivity index (χ0v) is 15.9. The Morgan fingerprint density at radius 1 is 1.07 bits per heavy atom. The molecule has 7 heteroatoms. The molecular weight excluding hydrogens is 364 g/mol. The summed E-state index contributed by atoms with van der Waals surface area (Å²) in [5.41, 5.74) is 3.84. The van der Waals surface area contributed by atoms with E-state index < -0.39 is 11.6 Å². The highest BCUT2D eigenvalue weighted by Crippen LogP contribution is 2.39. The van der Waals surface area contributed by atoms with Gasteiger partial charge in [-0.15, -0.1) is 0 Å². The average molecular weight is 385 g/mol. The van der Waals surface area contributed by atoms with Crippen LogP contribution in [0.3, 0.4) is 0 Å². The van der Waals surface area contributed by atoms with E-state index in [9.17, 15) is 8.78 Å². The zero-order valence-electron chi connectivity index (χ0n) is 15.9. The SMILES string of the molecule is COc1cc2c(cc1OC)-c1cnc(NC(C)c3ccc(F)c(F)c3)n1CC2. The highest BCUT2D eigenvalue weighted by Gasteiger charge is 2.23. The van der Waals surface area contributed by atoms with Gasteiger partial charge in [-0.25, -0.2) is 13.8 Å². The summed E-state index contributed by atoms with van der Waals surface area (Å²) in [6.07, 6.45) is 2.64. The van der Waals surface area contributed by atoms with E-state index in [0.717, 1.165) is 30.3 Å². The number of anilines is 1. The Morgan fingerprint density at radius 3 is 2.54 bits per heavy atom. The molecule has 1 aliphatic rings. The minimum Gasteiger partial charge on any atom is -0.493 e. The first-order valence-corrected chi connectivity index (χ1v) is 9.04. The van der Waals surface area contributed by atoms with Gasteiger partial charge < -0.3 is 19.4 Å². The van der Waals surface area contributed by atoms with Gasteiger partial charge in [0.25, 0.3) is 0 Å². The number of hydrogen-bond acceptors (Lipinski definition) is 4. The van der Waals surface area contributed by atoms with Crippen LogP contribution in [0.2, 0.25) is 0 Å². The summed E-state index contributed by atoms with van der Waals surface area (Å²) >= 11 is 0. The Kier molecular flexibility index (Phi) is 4.66. The fourth-order valence-electron chi connectivity index (χ4n) is 3.59. The molecule has 0 radical (unpaired) electrons. The van der Waals surface area contributed by atoms with Crippen molar-refractivity contribution in [1.82, 2.24) is 9.55 Å². The van der Waals surface area contributed by atoms with Gasteiger partial charge in [0.1, 0.15) is 0 Å². The number of aromatic nitrogens is 2. The molecule has 1 aliphatic heterocycles. The summed E-state index contributed by atoms with van der Waals surface area (Å²) in [7, 11) is 3.24. The molecule has 0 fully saturated rings. The maximum atomic E-state index is 13.5. The maximum Gasteiger partial charge on any atom is 0.203 e. The lowest BCUT2D eigenvalue weighted by atomic mass is 9.98. The number of aryl methyl sites for hydroxylation is 1. The van der Waals surface area contributed by atoms with Gasteiger partial charge >= 0.3 is 0 Å². The van der Waals surface area contributed by atoms with Crippen molar-refractivity contribution in [1.29, 1.82) is 0 Å². The van der Waals surface area contributed by atoms with Crippen molar-refractivity contribution in [3.63, 3.8) is 0 Å². The van der Waals surface area contributed by atoms with E-state index in [1.54, 1.807) is 20.3 Å². The third-order valence-corrected chi connectivity index (χ3v) is 5.13. The summed E-state index contributed by atoms with van der Waals surface area (Å²) in [6, 6.07) is 7.65. The molecule has 1 atom stereocenters. The molecule has 0 saturated carbocycles. The van der Waals surface area contributed by atoms with Crippen LogP contribution >= 0.6 is 0 Å². The van der Waals surface area contributed by atoms with E-state index in [1.165, 1.54) is 11.6 Å². The monoisotopic (exact) mass is 385 g/mol. The van der Waals surface area contributed by atoms with E-state index in [2.05, 4.69) is 14.9 Å². The van der Waals surface area contributed by atoms with Crippen molar-refractivity contribution in [2.75, 3.05) is 19.5 Å². The van der Waals surface area contributed by atoms with E-state index >= 15 is 0 Å². The number of imidazole rings is 1. The smallest absolute Gasteiger partial charge is 0.203 e. The van der Waals surface area contributed by atoms with Crippen LogP contribution in [0.5, 0.6) is 11.5 Å². The second-order valence-corrected chi connectivity index (χ2v) is 6.77. The maximum absolute atomic E-state index is 13.5. The Bertz CT molecular complexity index is 1030. The standard InChI is InChI=1S/C21H21F2N3O2/c1-12(13-4-5-16(22)17(23)8-13)25-21-24-11-18-15-10-20(28-3)19(27-2)9-14(15)6-7-26(18)21/h4-5,8-12H,6-7H2,1-3H3,(H,24,25). The first-order chi connectivity index (χ1) is 13.5. The second-order valence-electron chi connectivity index (χ2n) is 6.77. The summed E-state index contributed by atoms with van der Waals surface area (Å²) in [5, 5.41) is 3.30. The molecule has 0 amide bonds. The van der Waals surface area contributed by atoms with Crippen molar-refractivity contribution >= 4 is 5.95 Å². The molecule has 0 saturated heterocycles. The van der Waals surface area contributed by atoms with Crippen LogP contribution in [0.1, 0.15) is 24.1 Å². The van der Waals surface area contributed by atoms with Crippen LogP contribution < -0.4 is 14.8 Å². The molecule has 28 heavy (non-hydrogen) atoms. The molecule has 146 valence electrons. The quantitative estimate of drug-likeness (QED) is 0.699. The number of methoxy groups -OCH3 is 2. The van der Waals surface area contributed by atoms with Crippen molar-refractivity contribution in [2.24, 2.45) is 0 Å². The number of rotatable bonds is 5. The molecule has 1 N–H and O–H groups in total. The number of hydrogen-bond donors (Lipinski definition) is 1. The summed E-state index contributed by atoms with van der Waals surface area (Å²) in [5.74, 6) is 0.356. The van der Waals surface area contributed by atoms with Crippen LogP contribution in [0, 0.1) is 11.6 Å². The lowest BCUT2D eigenvalue weighted by molar-refractivity contribution is 0.354. The fourth-order valence-corrected chi connectivity index (χ4v) is 3.59. The van der Waals surface area contributed by atoms with Crippen molar-refractivity contribution in [3.8, 4) is 22.8 Å². The molecule has 4 rings (SSSR count). The van der Waals surface area contributed by atoms with Crippen molar-refractivity contribution in [3.05, 3.63) is 59.3 Å². The summed E-state index contributed by atoms with van der Waals surface area (Å²) < 4.78 is 39.7. The van der Waals surface area contributed by atoms with Gasteiger partial charge in [-0.1, -0.05) is 6.07 Å². The van der Waals surface area contributed by atoms with Crippen LogP contribution in [0.25, 0.3) is 11.3 Å². The van der Waals surface area contributed by atoms with Gasteiger partial charge in [-0.05, 0) is 48.7 Å². The van der Waals surface area contributed by atoms with E-state index in [4.69, 9.17) is 9.47 Å². The molecule has 5 nitrogen and oxygen atoms in total. The van der Waals surface area contributed by atoms with Gasteiger partial charge in [0, 0.05) is 12.1 Å². The summed E-state index contributed by atoms with van der Waals surface area (Å²) in [4.78, 5) is 4.51. The molecule has 0 aliphatic carbocycles. The number of nitrogens with one attached hydrogen (secondary N) is 1. The van der Waals surface area contributed by atoms with Gasteiger partial charge in [0.05, 0.1) is 32.2 Å². The Balaban J connectivity index is 1.65. The van der Waals surface area contributed by atoms with E-state index in [-0.39, 0.29) is 6.04 Å². The first-order valence-electron chi connectivity index (χ1n) is 9.04. The molecule has 0 spiro atoms. The highest BCUT2D eigenvalue weighted by atomic mass is 19.2. The number of fused-ring (bicyclic) bond motifs is 3. The largest absolute Gasteiger partial charge is 0.493 e. The molecule has 2 aromatic carbocycles. The molecule has 0 bridgehead atoms. The third kappa shape index (κ3) is 3.06. The summed E-state index contributed by atoms with van der Waals surface area (Å²) in [6.45, 7) is 2.64. The Hall–Kier alpha value is -3.09. The fraction of sp³-hybridized carbons (Fsp3) is 0.286. The van der Waals surface area contributed by atoms with Gasteiger partial charge in [-0.3, -0.25) is 0 Å². The third-order valence-electron chi connectivity index (χ3n) is 5.13. The first kappa shape index (κ1) is 18.3. The topological polar surface area (TPSA) is 48.3 Å². The van der Waals surface area contributed by atoms with Crippen molar-refractivity contribution in [2.45, 2.75) is 25.9 Å². The number of benzene rings is 2. The van der Waals surface area contributed by atoms with E-state index in [0.29, 0.717) is 23.0 Å². The minimum atomic E-state index is -0.855. The van der Waals surface area contributed by atoms with Gasteiger partial charge in [0.2, 0.25) is 5.95 Å². The molecular formula is C21H21F2N3O2. The minimum absolute atomic E-state index is 0.228. The number of ether oxygens (including phenoxy) is 2. The normalized spacial score (nSPS) is 13.5. The second kappa shape index (κ2) is 7.14. The predicted octanol–water partition coefficient (Wildman–Crippen LogP) is 4.57. The van der Waals surface area contributed by atoms with Crippen LogP contribution in [-0.4, -0.2) is 23.8 Å². The van der Waals surface area contributed by atoms with Crippen molar-refractivity contribution < 1.29 is 18.3 Å².